The molecular formula is C11H16O2. The van der Waals surface area contributed by atoms with Gasteiger partial charge in [-0.15, -0.1) is 0 Å². The molecule has 0 atom stereocenters. The predicted octanol–water partition coefficient (Wildman–Crippen LogP) is 2.70. The Hall–Kier alpha value is -1.18. The van der Waals surface area contributed by atoms with E-state index in [1.165, 1.54) is 0 Å². The van der Waals surface area contributed by atoms with E-state index in [4.69, 9.17) is 0 Å². The van der Waals surface area contributed by atoms with E-state index in [9.17, 15) is 10.2 Å². The van der Waals surface area contributed by atoms with Gasteiger partial charge in [0.05, 0.1) is 0 Å². The fourth-order valence-electron chi connectivity index (χ4n) is 1.19. The summed E-state index contributed by atoms with van der Waals surface area (Å²) in [5, 5.41) is 18.7. The highest BCUT2D eigenvalue weighted by molar-refractivity contribution is 5.48. The Morgan fingerprint density at radius 3 is 2.00 bits per heavy atom. The molecule has 1 rings (SSSR count). The lowest BCUT2D eigenvalue weighted by atomic mass is 9.86. The van der Waals surface area contributed by atoms with Crippen molar-refractivity contribution in [3.63, 3.8) is 0 Å². The molecule has 1 aromatic carbocycles. The molecule has 0 radical (unpaired) electrons. The highest BCUT2D eigenvalue weighted by atomic mass is 16.3. The summed E-state index contributed by atoms with van der Waals surface area (Å²) in [6.45, 7) is 7.99. The van der Waals surface area contributed by atoms with E-state index in [2.05, 4.69) is 20.8 Å². The molecule has 0 aliphatic heterocycles. The van der Waals surface area contributed by atoms with Crippen LogP contribution in [0.3, 0.4) is 0 Å². The summed E-state index contributed by atoms with van der Waals surface area (Å²) in [5.41, 5.74) is 1.74. The number of hydrogen-bond acceptors (Lipinski definition) is 2. The van der Waals surface area contributed by atoms with Crippen LogP contribution in [0.15, 0.2) is 12.1 Å². The van der Waals surface area contributed by atoms with Crippen LogP contribution < -0.4 is 0 Å². The average Bonchev–Trinajstić information content (AvgIpc) is 1.97. The van der Waals surface area contributed by atoms with Gasteiger partial charge in [-0.1, -0.05) is 26.8 Å². The zero-order chi connectivity index (χ0) is 10.2. The standard InChI is InChI=1S/C11H16O2/c1-7-5-8(11(2,3)4)6-9(12)10(7)13/h5-6,12-13H,1-4H3. The smallest absolute Gasteiger partial charge is 0.160 e. The van der Waals surface area contributed by atoms with Crippen molar-refractivity contribution in [3.8, 4) is 11.5 Å². The maximum atomic E-state index is 9.39. The van der Waals surface area contributed by atoms with E-state index >= 15 is 0 Å². The molecule has 1 aromatic rings. The fourth-order valence-corrected chi connectivity index (χ4v) is 1.19. The molecule has 0 bridgehead atoms. The summed E-state index contributed by atoms with van der Waals surface area (Å²) in [4.78, 5) is 0. The minimum Gasteiger partial charge on any atom is -0.504 e. The van der Waals surface area contributed by atoms with Crippen molar-refractivity contribution >= 4 is 0 Å². The molecule has 0 saturated heterocycles. The van der Waals surface area contributed by atoms with E-state index in [-0.39, 0.29) is 16.9 Å². The van der Waals surface area contributed by atoms with E-state index in [1.54, 1.807) is 13.0 Å². The third kappa shape index (κ3) is 1.94. The molecule has 2 heteroatoms. The lowest BCUT2D eigenvalue weighted by Crippen LogP contribution is -2.10. The van der Waals surface area contributed by atoms with Crippen LogP contribution in [0, 0.1) is 6.92 Å². The van der Waals surface area contributed by atoms with Crippen LogP contribution in [0.1, 0.15) is 31.9 Å². The second-order valence-electron chi connectivity index (χ2n) is 4.41. The first kappa shape index (κ1) is 9.90. The highest BCUT2D eigenvalue weighted by Crippen LogP contribution is 2.34. The van der Waals surface area contributed by atoms with Crippen LogP contribution in [0.5, 0.6) is 11.5 Å². The van der Waals surface area contributed by atoms with Crippen molar-refractivity contribution in [2.75, 3.05) is 0 Å². The van der Waals surface area contributed by atoms with E-state index in [1.807, 2.05) is 6.07 Å². The topological polar surface area (TPSA) is 40.5 Å². The molecular weight excluding hydrogens is 164 g/mol. The van der Waals surface area contributed by atoms with E-state index in [0.717, 1.165) is 5.56 Å². The average molecular weight is 180 g/mol. The van der Waals surface area contributed by atoms with Gasteiger partial charge in [0.15, 0.2) is 11.5 Å². The SMILES string of the molecule is Cc1cc(C(C)(C)C)cc(O)c1O. The molecule has 0 aliphatic carbocycles. The van der Waals surface area contributed by atoms with Crippen LogP contribution in [-0.2, 0) is 5.41 Å². The van der Waals surface area contributed by atoms with Crippen LogP contribution in [0.25, 0.3) is 0 Å². The quantitative estimate of drug-likeness (QED) is 0.603. The normalized spacial score (nSPS) is 11.7. The van der Waals surface area contributed by atoms with Crippen LogP contribution >= 0.6 is 0 Å². The molecule has 0 unspecified atom stereocenters. The minimum absolute atomic E-state index is 0.00403. The number of rotatable bonds is 0. The summed E-state index contributed by atoms with van der Waals surface area (Å²) < 4.78 is 0. The molecule has 2 nitrogen and oxygen atoms in total. The van der Waals surface area contributed by atoms with Crippen LogP contribution in [0.2, 0.25) is 0 Å². The predicted molar refractivity (Wildman–Crippen MR) is 53.2 cm³/mol. The molecule has 0 amide bonds. The molecule has 0 saturated carbocycles. The minimum atomic E-state index is -0.0371. The largest absolute Gasteiger partial charge is 0.504 e. The number of aryl methyl sites for hydroxylation is 1. The first-order valence-electron chi connectivity index (χ1n) is 4.35. The number of benzene rings is 1. The maximum Gasteiger partial charge on any atom is 0.160 e. The molecule has 72 valence electrons. The monoisotopic (exact) mass is 180 g/mol. The van der Waals surface area contributed by atoms with Crippen molar-refractivity contribution in [2.45, 2.75) is 33.1 Å². The van der Waals surface area contributed by atoms with Gasteiger partial charge in [-0.25, -0.2) is 0 Å². The molecule has 13 heavy (non-hydrogen) atoms. The van der Waals surface area contributed by atoms with Crippen molar-refractivity contribution in [1.29, 1.82) is 0 Å². The summed E-state index contributed by atoms with van der Waals surface area (Å²) in [5.74, 6) is -0.0575. The van der Waals surface area contributed by atoms with Gasteiger partial charge in [0.2, 0.25) is 0 Å². The van der Waals surface area contributed by atoms with Crippen LogP contribution in [0.4, 0.5) is 0 Å². The molecule has 0 aromatic heterocycles. The number of phenols is 2. The Morgan fingerprint density at radius 2 is 1.62 bits per heavy atom. The first-order chi connectivity index (χ1) is 5.82. The molecule has 0 aliphatic rings. The van der Waals surface area contributed by atoms with Gasteiger partial charge in [0, 0.05) is 0 Å². The van der Waals surface area contributed by atoms with Gasteiger partial charge in [-0.3, -0.25) is 0 Å². The first-order valence-corrected chi connectivity index (χ1v) is 4.35. The lowest BCUT2D eigenvalue weighted by molar-refractivity contribution is 0.398. The van der Waals surface area contributed by atoms with Gasteiger partial charge in [-0.05, 0) is 29.5 Å². The Bertz CT molecular complexity index is 298. The number of aromatic hydroxyl groups is 2. The van der Waals surface area contributed by atoms with Gasteiger partial charge in [0.25, 0.3) is 0 Å². The summed E-state index contributed by atoms with van der Waals surface area (Å²) in [7, 11) is 0. The zero-order valence-corrected chi connectivity index (χ0v) is 8.55. The Morgan fingerprint density at radius 1 is 1.08 bits per heavy atom. The second-order valence-corrected chi connectivity index (χ2v) is 4.41. The Labute approximate surface area is 78.8 Å². The Balaban J connectivity index is 3.29. The van der Waals surface area contributed by atoms with E-state index < -0.39 is 0 Å². The van der Waals surface area contributed by atoms with Crippen LogP contribution in [-0.4, -0.2) is 10.2 Å². The fraction of sp³-hybridized carbons (Fsp3) is 0.455. The molecule has 0 heterocycles. The zero-order valence-electron chi connectivity index (χ0n) is 8.55. The summed E-state index contributed by atoms with van der Waals surface area (Å²) in [6.07, 6.45) is 0. The van der Waals surface area contributed by atoms with Crippen molar-refractivity contribution in [2.24, 2.45) is 0 Å². The molecule has 0 spiro atoms. The van der Waals surface area contributed by atoms with Crippen molar-refractivity contribution in [3.05, 3.63) is 23.3 Å². The van der Waals surface area contributed by atoms with Crippen molar-refractivity contribution < 1.29 is 10.2 Å². The van der Waals surface area contributed by atoms with Gasteiger partial charge in [0.1, 0.15) is 0 Å². The molecule has 0 fully saturated rings. The number of hydrogen-bond donors (Lipinski definition) is 2. The third-order valence-electron chi connectivity index (χ3n) is 2.15. The number of phenolic OH excluding ortho intramolecular Hbond substituents is 2. The Kier molecular flexibility index (Phi) is 2.24. The maximum absolute atomic E-state index is 9.39. The van der Waals surface area contributed by atoms with Gasteiger partial charge >= 0.3 is 0 Å². The summed E-state index contributed by atoms with van der Waals surface area (Å²) >= 11 is 0. The van der Waals surface area contributed by atoms with Crippen molar-refractivity contribution in [1.82, 2.24) is 0 Å². The van der Waals surface area contributed by atoms with Gasteiger partial charge < -0.3 is 10.2 Å². The third-order valence-corrected chi connectivity index (χ3v) is 2.15. The van der Waals surface area contributed by atoms with E-state index in [0.29, 0.717) is 5.56 Å². The summed E-state index contributed by atoms with van der Waals surface area (Å²) in [6, 6.07) is 3.51. The lowest BCUT2D eigenvalue weighted by Gasteiger charge is -2.20. The van der Waals surface area contributed by atoms with Gasteiger partial charge in [-0.2, -0.15) is 0 Å². The molecule has 2 N–H and O–H groups in total. The highest BCUT2D eigenvalue weighted by Gasteiger charge is 2.16. The second kappa shape index (κ2) is 2.95.